The molecule has 108 valence electrons. The maximum absolute atomic E-state index is 5.99. The molecule has 3 unspecified atom stereocenters. The van der Waals surface area contributed by atoms with E-state index in [0.717, 1.165) is 12.5 Å². The average molecular weight is 288 g/mol. The zero-order valence-corrected chi connectivity index (χ0v) is 13.0. The molecule has 2 aromatic rings. The van der Waals surface area contributed by atoms with E-state index < -0.39 is 0 Å². The summed E-state index contributed by atoms with van der Waals surface area (Å²) >= 11 is 2.01. The van der Waals surface area contributed by atoms with Crippen LogP contribution in [-0.4, -0.2) is 16.8 Å². The highest BCUT2D eigenvalue weighted by atomic mass is 32.2. The molecule has 0 spiro atoms. The molecule has 1 saturated carbocycles. The van der Waals surface area contributed by atoms with E-state index in [9.17, 15) is 0 Å². The first-order valence-corrected chi connectivity index (χ1v) is 8.62. The predicted molar refractivity (Wildman–Crippen MR) is 88.1 cm³/mol. The summed E-state index contributed by atoms with van der Waals surface area (Å²) in [5, 5.41) is 3.28. The van der Waals surface area contributed by atoms with Crippen LogP contribution in [0.4, 0.5) is 0 Å². The lowest BCUT2D eigenvalue weighted by atomic mass is 9.80. The number of aromatic nitrogens is 1. The topological polar surface area (TPSA) is 41.8 Å². The molecule has 0 radical (unpaired) electrons. The Morgan fingerprint density at radius 3 is 2.90 bits per heavy atom. The van der Waals surface area contributed by atoms with Crippen LogP contribution in [0, 0.1) is 11.8 Å². The van der Waals surface area contributed by atoms with Gasteiger partial charge in [-0.3, -0.25) is 0 Å². The van der Waals surface area contributed by atoms with Crippen molar-refractivity contribution in [2.75, 3.05) is 6.54 Å². The summed E-state index contributed by atoms with van der Waals surface area (Å²) in [5.74, 6) is 1.56. The van der Waals surface area contributed by atoms with E-state index in [-0.39, 0.29) is 0 Å². The highest BCUT2D eigenvalue weighted by Crippen LogP contribution is 2.40. The van der Waals surface area contributed by atoms with Gasteiger partial charge in [-0.15, -0.1) is 11.8 Å². The molecular formula is C17H24N2S. The Labute approximate surface area is 125 Å². The maximum Gasteiger partial charge on any atom is 0.0735 e. The number of H-pyrrole nitrogens is 1. The fourth-order valence-electron chi connectivity index (χ4n) is 3.33. The molecule has 0 amide bonds. The number of thioether (sulfide) groups is 1. The first kappa shape index (κ1) is 14.0. The van der Waals surface area contributed by atoms with Gasteiger partial charge in [0.15, 0.2) is 0 Å². The van der Waals surface area contributed by atoms with E-state index in [1.165, 1.54) is 41.6 Å². The van der Waals surface area contributed by atoms with Crippen LogP contribution in [0.5, 0.6) is 0 Å². The van der Waals surface area contributed by atoms with Gasteiger partial charge in [0.25, 0.3) is 0 Å². The van der Waals surface area contributed by atoms with Crippen molar-refractivity contribution in [3.05, 3.63) is 30.3 Å². The predicted octanol–water partition coefficient (Wildman–Crippen LogP) is 4.41. The van der Waals surface area contributed by atoms with Crippen LogP contribution in [-0.2, 0) is 0 Å². The molecule has 20 heavy (non-hydrogen) atoms. The summed E-state index contributed by atoms with van der Waals surface area (Å²) in [6, 6.07) is 10.8. The van der Waals surface area contributed by atoms with Gasteiger partial charge < -0.3 is 10.7 Å². The maximum atomic E-state index is 5.99. The first-order chi connectivity index (χ1) is 9.80. The fraction of sp³-hybridized carbons (Fsp3) is 0.529. The third-order valence-corrected chi connectivity index (χ3v) is 6.05. The highest BCUT2D eigenvalue weighted by Gasteiger charge is 2.29. The van der Waals surface area contributed by atoms with Gasteiger partial charge in [0.05, 0.1) is 5.03 Å². The number of nitrogens with one attached hydrogen (secondary N) is 1. The summed E-state index contributed by atoms with van der Waals surface area (Å²) in [6.45, 7) is 3.15. The largest absolute Gasteiger partial charge is 0.350 e. The van der Waals surface area contributed by atoms with Crippen LogP contribution in [0.25, 0.3) is 10.9 Å². The van der Waals surface area contributed by atoms with Crippen molar-refractivity contribution < 1.29 is 0 Å². The Kier molecular flexibility index (Phi) is 4.37. The number of rotatable bonds is 4. The summed E-state index contributed by atoms with van der Waals surface area (Å²) in [6.07, 6.45) is 5.29. The van der Waals surface area contributed by atoms with Gasteiger partial charge in [-0.05, 0) is 43.4 Å². The Balaban J connectivity index is 1.76. The molecule has 3 rings (SSSR count). The molecule has 1 fully saturated rings. The van der Waals surface area contributed by atoms with E-state index in [1.54, 1.807) is 0 Å². The highest BCUT2D eigenvalue weighted by molar-refractivity contribution is 7.99. The van der Waals surface area contributed by atoms with Crippen molar-refractivity contribution in [2.45, 2.75) is 42.9 Å². The Hall–Kier alpha value is -0.930. The molecule has 1 aromatic heterocycles. The number of hydrogen-bond donors (Lipinski definition) is 2. The molecule has 1 aliphatic carbocycles. The fourth-order valence-corrected chi connectivity index (χ4v) is 4.83. The van der Waals surface area contributed by atoms with E-state index >= 15 is 0 Å². The van der Waals surface area contributed by atoms with Crippen molar-refractivity contribution in [1.29, 1.82) is 0 Å². The summed E-state index contributed by atoms with van der Waals surface area (Å²) in [5.41, 5.74) is 7.22. The second-order valence-corrected chi connectivity index (χ2v) is 7.24. The molecule has 0 aliphatic heterocycles. The molecule has 1 aromatic carbocycles. The minimum Gasteiger partial charge on any atom is -0.350 e. The van der Waals surface area contributed by atoms with Gasteiger partial charge in [-0.1, -0.05) is 38.0 Å². The first-order valence-electron chi connectivity index (χ1n) is 7.74. The minimum absolute atomic E-state index is 0.673. The van der Waals surface area contributed by atoms with Crippen LogP contribution < -0.4 is 5.73 Å². The van der Waals surface area contributed by atoms with Crippen LogP contribution in [0.1, 0.15) is 32.6 Å². The molecule has 1 heterocycles. The lowest BCUT2D eigenvalue weighted by Crippen LogP contribution is -2.32. The molecular weight excluding hydrogens is 264 g/mol. The number of benzene rings is 1. The van der Waals surface area contributed by atoms with Gasteiger partial charge in [-0.2, -0.15) is 0 Å². The Bertz CT molecular complexity index is 530. The van der Waals surface area contributed by atoms with Gasteiger partial charge in [0.2, 0.25) is 0 Å². The number of para-hydroxylation sites is 1. The van der Waals surface area contributed by atoms with Gasteiger partial charge in [0, 0.05) is 16.2 Å². The van der Waals surface area contributed by atoms with E-state index in [1.807, 2.05) is 11.8 Å². The zero-order valence-electron chi connectivity index (χ0n) is 12.1. The Morgan fingerprint density at radius 2 is 2.15 bits per heavy atom. The van der Waals surface area contributed by atoms with E-state index in [2.05, 4.69) is 42.2 Å². The smallest absolute Gasteiger partial charge is 0.0735 e. The van der Waals surface area contributed by atoms with E-state index in [4.69, 9.17) is 5.73 Å². The molecule has 0 bridgehead atoms. The van der Waals surface area contributed by atoms with Crippen molar-refractivity contribution in [3.8, 4) is 0 Å². The third-order valence-electron chi connectivity index (χ3n) is 4.70. The molecule has 2 nitrogen and oxygen atoms in total. The quantitative estimate of drug-likeness (QED) is 0.875. The standard InChI is InChI=1S/C17H24N2S/c1-2-12-7-8-14(11-18)16(9-12)20-17-10-13-5-3-4-6-15(13)19-17/h3-6,10,12,14,16,19H,2,7-9,11,18H2,1H3. The van der Waals surface area contributed by atoms with Crippen LogP contribution in [0.3, 0.4) is 0 Å². The lowest BCUT2D eigenvalue weighted by Gasteiger charge is -2.34. The average Bonchev–Trinajstić information content (AvgIpc) is 2.89. The lowest BCUT2D eigenvalue weighted by molar-refractivity contribution is 0.283. The number of aromatic amines is 1. The number of nitrogens with two attached hydrogens (primary N) is 1. The van der Waals surface area contributed by atoms with Crippen LogP contribution in [0.2, 0.25) is 0 Å². The van der Waals surface area contributed by atoms with Crippen molar-refractivity contribution >= 4 is 22.7 Å². The normalized spacial score (nSPS) is 27.0. The Morgan fingerprint density at radius 1 is 1.30 bits per heavy atom. The number of fused-ring (bicyclic) bond motifs is 1. The van der Waals surface area contributed by atoms with E-state index in [0.29, 0.717) is 11.2 Å². The molecule has 3 heteroatoms. The molecule has 3 atom stereocenters. The summed E-state index contributed by atoms with van der Waals surface area (Å²) in [7, 11) is 0. The minimum atomic E-state index is 0.673. The van der Waals surface area contributed by atoms with Gasteiger partial charge >= 0.3 is 0 Å². The van der Waals surface area contributed by atoms with Crippen LogP contribution >= 0.6 is 11.8 Å². The van der Waals surface area contributed by atoms with Crippen LogP contribution in [0.15, 0.2) is 35.4 Å². The summed E-state index contributed by atoms with van der Waals surface area (Å²) < 4.78 is 0. The summed E-state index contributed by atoms with van der Waals surface area (Å²) in [4.78, 5) is 3.54. The van der Waals surface area contributed by atoms with Gasteiger partial charge in [0.1, 0.15) is 0 Å². The second kappa shape index (κ2) is 6.23. The zero-order chi connectivity index (χ0) is 13.9. The van der Waals surface area contributed by atoms with Crippen molar-refractivity contribution in [1.82, 2.24) is 4.98 Å². The SMILES string of the molecule is CCC1CCC(CN)C(Sc2cc3ccccc3[nH]2)C1. The second-order valence-electron chi connectivity index (χ2n) is 5.96. The molecule has 0 saturated heterocycles. The van der Waals surface area contributed by atoms with Crippen molar-refractivity contribution in [3.63, 3.8) is 0 Å². The molecule has 1 aliphatic rings. The van der Waals surface area contributed by atoms with Gasteiger partial charge in [-0.25, -0.2) is 0 Å². The monoisotopic (exact) mass is 288 g/mol. The number of hydrogen-bond acceptors (Lipinski definition) is 2. The molecule has 3 N–H and O–H groups in total. The van der Waals surface area contributed by atoms with Crippen molar-refractivity contribution in [2.24, 2.45) is 17.6 Å². The third kappa shape index (κ3) is 2.89.